The summed E-state index contributed by atoms with van der Waals surface area (Å²) in [5, 5.41) is 3.54. The lowest BCUT2D eigenvalue weighted by molar-refractivity contribution is 0.604. The highest BCUT2D eigenvalue weighted by Gasteiger charge is 2.55. The number of benzene rings is 2. The van der Waals surface area contributed by atoms with Crippen LogP contribution in [0.4, 0.5) is 0 Å². The van der Waals surface area contributed by atoms with E-state index in [0.29, 0.717) is 10.1 Å². The molecule has 1 heterocycles. The molecule has 0 aromatic heterocycles. The molecule has 0 amide bonds. The minimum Gasteiger partial charge on any atom is -0.0680 e. The van der Waals surface area contributed by atoms with Crippen molar-refractivity contribution in [3.8, 4) is 0 Å². The summed E-state index contributed by atoms with van der Waals surface area (Å²) >= 11 is 0. The zero-order valence-corrected chi connectivity index (χ0v) is 14.0. The number of hydrogen-bond acceptors (Lipinski definition) is 0. The van der Waals surface area contributed by atoms with Crippen LogP contribution < -0.4 is 0 Å². The first-order chi connectivity index (χ1) is 8.71. The van der Waals surface area contributed by atoms with Gasteiger partial charge in [0.05, 0.1) is 8.07 Å². The van der Waals surface area contributed by atoms with E-state index in [1.165, 1.54) is 10.8 Å². The van der Waals surface area contributed by atoms with E-state index in [9.17, 15) is 0 Å². The Kier molecular flexibility index (Phi) is 2.39. The molecule has 0 radical (unpaired) electrons. The van der Waals surface area contributed by atoms with Crippen LogP contribution in [0, 0.1) is 0 Å². The summed E-state index contributed by atoms with van der Waals surface area (Å²) in [6.07, 6.45) is 0. The summed E-state index contributed by atoms with van der Waals surface area (Å²) in [5.41, 5.74) is 3.13. The summed E-state index contributed by atoms with van der Waals surface area (Å²) < 4.78 is 0. The smallest absolute Gasteiger partial charge is 0.0680 e. The number of hydrogen-bond donors (Lipinski definition) is 0. The predicted molar refractivity (Wildman–Crippen MR) is 87.5 cm³/mol. The van der Waals surface area contributed by atoms with Crippen molar-refractivity contribution in [1.82, 2.24) is 0 Å². The van der Waals surface area contributed by atoms with Crippen LogP contribution in [0.2, 0.25) is 13.1 Å². The van der Waals surface area contributed by atoms with Gasteiger partial charge in [-0.3, -0.25) is 0 Å². The highest BCUT2D eigenvalue weighted by atomic mass is 28.3. The molecule has 2 aromatic rings. The molecule has 0 unspecified atom stereocenters. The summed E-state index contributed by atoms with van der Waals surface area (Å²) in [6, 6.07) is 13.7. The van der Waals surface area contributed by atoms with Gasteiger partial charge >= 0.3 is 0 Å². The van der Waals surface area contributed by atoms with Gasteiger partial charge in [-0.2, -0.15) is 0 Å². The van der Waals surface area contributed by atoms with E-state index >= 15 is 0 Å². The second-order valence-electron chi connectivity index (χ2n) is 7.58. The van der Waals surface area contributed by atoms with Crippen LogP contribution >= 0.6 is 0 Å². The van der Waals surface area contributed by atoms with Crippen molar-refractivity contribution in [2.24, 2.45) is 0 Å². The van der Waals surface area contributed by atoms with Gasteiger partial charge in [0.15, 0.2) is 0 Å². The fourth-order valence-electron chi connectivity index (χ4n) is 3.84. The molecule has 0 saturated carbocycles. The second kappa shape index (κ2) is 3.52. The van der Waals surface area contributed by atoms with Crippen molar-refractivity contribution in [2.45, 2.75) is 50.9 Å². The Labute approximate surface area is 117 Å². The average Bonchev–Trinajstić information content (AvgIpc) is 2.35. The predicted octanol–water partition coefficient (Wildman–Crippen LogP) is 5.20. The van der Waals surface area contributed by atoms with Crippen molar-refractivity contribution in [3.63, 3.8) is 0 Å². The van der Waals surface area contributed by atoms with Crippen molar-refractivity contribution in [3.05, 3.63) is 47.5 Å². The van der Waals surface area contributed by atoms with Crippen LogP contribution in [-0.4, -0.2) is 8.07 Å². The fourth-order valence-corrected chi connectivity index (χ4v) is 7.16. The van der Waals surface area contributed by atoms with Crippen LogP contribution in [0.1, 0.15) is 38.8 Å². The second-order valence-corrected chi connectivity index (χ2v) is 13.3. The Morgan fingerprint density at radius 1 is 0.737 bits per heavy atom. The quantitative estimate of drug-likeness (QED) is 0.576. The largest absolute Gasteiger partial charge is 0.0683 e. The van der Waals surface area contributed by atoms with Gasteiger partial charge in [-0.15, -0.1) is 0 Å². The third kappa shape index (κ3) is 1.34. The maximum Gasteiger partial charge on any atom is 0.0683 e. The molecule has 19 heavy (non-hydrogen) atoms. The van der Waals surface area contributed by atoms with Gasteiger partial charge in [-0.1, -0.05) is 77.2 Å². The van der Waals surface area contributed by atoms with E-state index in [2.05, 4.69) is 77.2 Å². The van der Waals surface area contributed by atoms with E-state index in [4.69, 9.17) is 0 Å². The zero-order valence-electron chi connectivity index (χ0n) is 13.0. The average molecular weight is 268 g/mol. The first-order valence-electron chi connectivity index (χ1n) is 7.24. The minimum atomic E-state index is -1.47. The molecule has 0 N–H and O–H groups in total. The molecule has 3 rings (SSSR count). The summed E-state index contributed by atoms with van der Waals surface area (Å²) in [7, 11) is -1.47. The van der Waals surface area contributed by atoms with Gasteiger partial charge in [0.2, 0.25) is 0 Å². The van der Waals surface area contributed by atoms with Crippen molar-refractivity contribution in [1.29, 1.82) is 0 Å². The van der Waals surface area contributed by atoms with E-state index in [-0.39, 0.29) is 0 Å². The highest BCUT2D eigenvalue weighted by Crippen LogP contribution is 2.53. The normalized spacial score (nSPS) is 22.4. The molecule has 0 spiro atoms. The highest BCUT2D eigenvalue weighted by molar-refractivity contribution is 6.83. The molecule has 100 valence electrons. The zero-order chi connectivity index (χ0) is 14.1. The van der Waals surface area contributed by atoms with Crippen molar-refractivity contribution in [2.75, 3.05) is 0 Å². The van der Waals surface area contributed by atoms with Crippen LogP contribution in [0.15, 0.2) is 36.4 Å². The Bertz CT molecular complexity index is 610. The van der Waals surface area contributed by atoms with E-state index in [0.717, 1.165) is 0 Å². The van der Waals surface area contributed by atoms with E-state index in [1.807, 2.05) is 0 Å². The first-order valence-corrected chi connectivity index (χ1v) is 10.2. The fraction of sp³-hybridized carbons (Fsp3) is 0.444. The lowest BCUT2D eigenvalue weighted by Crippen LogP contribution is -2.62. The lowest BCUT2D eigenvalue weighted by Gasteiger charge is -2.55. The van der Waals surface area contributed by atoms with Crippen LogP contribution in [0.5, 0.6) is 0 Å². The topological polar surface area (TPSA) is 0 Å². The summed E-state index contributed by atoms with van der Waals surface area (Å²) in [6.45, 7) is 15.0. The summed E-state index contributed by atoms with van der Waals surface area (Å²) in [5.74, 6) is 0. The molecule has 0 aliphatic carbocycles. The number of rotatable bonds is 0. The van der Waals surface area contributed by atoms with Crippen LogP contribution in [-0.2, 0) is 10.1 Å². The van der Waals surface area contributed by atoms with Gasteiger partial charge < -0.3 is 0 Å². The van der Waals surface area contributed by atoms with E-state index < -0.39 is 8.07 Å². The molecule has 0 atom stereocenters. The SMILES string of the molecule is CC1(C)c2cccc3cccc(c23)C(C)(C)[Si]1(C)C. The Morgan fingerprint density at radius 2 is 1.16 bits per heavy atom. The Hall–Kier alpha value is -1.08. The third-order valence-corrected chi connectivity index (χ3v) is 13.2. The van der Waals surface area contributed by atoms with Crippen molar-refractivity contribution < 1.29 is 0 Å². The van der Waals surface area contributed by atoms with E-state index in [1.54, 1.807) is 11.1 Å². The molecular formula is C18H24Si. The van der Waals surface area contributed by atoms with Gasteiger partial charge in [-0.05, 0) is 32.0 Å². The Morgan fingerprint density at radius 3 is 1.58 bits per heavy atom. The minimum absolute atomic E-state index is 0.310. The molecule has 0 bridgehead atoms. The molecule has 0 saturated heterocycles. The van der Waals surface area contributed by atoms with Crippen LogP contribution in [0.3, 0.4) is 0 Å². The first kappa shape index (κ1) is 12.9. The lowest BCUT2D eigenvalue weighted by atomic mass is 9.86. The molecule has 1 aliphatic rings. The monoisotopic (exact) mass is 268 g/mol. The standard InChI is InChI=1S/C18H24Si/c1-17(2)14-11-7-9-13-10-8-12-15(16(13)14)18(3,4)19(17,5)6/h7-12H,1-6H3. The molecular weight excluding hydrogens is 244 g/mol. The molecule has 1 aliphatic heterocycles. The van der Waals surface area contributed by atoms with Gasteiger partial charge in [0.1, 0.15) is 0 Å². The van der Waals surface area contributed by atoms with Crippen LogP contribution in [0.25, 0.3) is 10.8 Å². The van der Waals surface area contributed by atoms with Gasteiger partial charge in [0.25, 0.3) is 0 Å². The molecule has 0 nitrogen and oxygen atoms in total. The Balaban J connectivity index is 2.55. The summed E-state index contributed by atoms with van der Waals surface area (Å²) in [4.78, 5) is 0. The molecule has 1 heteroatoms. The molecule has 0 fully saturated rings. The van der Waals surface area contributed by atoms with Crippen molar-refractivity contribution >= 4 is 18.8 Å². The molecule has 2 aromatic carbocycles. The maximum atomic E-state index is 2.56. The third-order valence-electron chi connectivity index (χ3n) is 6.38. The van der Waals surface area contributed by atoms with Gasteiger partial charge in [-0.25, -0.2) is 0 Å². The van der Waals surface area contributed by atoms with Gasteiger partial charge in [0, 0.05) is 0 Å². The maximum absolute atomic E-state index is 2.56.